The molecule has 0 amide bonds. The predicted molar refractivity (Wildman–Crippen MR) is 51.9 cm³/mol. The van der Waals surface area contributed by atoms with Crippen LogP contribution in [0.2, 0.25) is 0 Å². The maximum Gasteiger partial charge on any atom is 0.116 e. The Hall–Kier alpha value is -1.31. The van der Waals surface area contributed by atoms with Gasteiger partial charge in [-0.05, 0) is 31.9 Å². The lowest BCUT2D eigenvalue weighted by Gasteiger charge is -1.96. The Morgan fingerprint density at radius 2 is 2.23 bits per heavy atom. The van der Waals surface area contributed by atoms with Gasteiger partial charge in [-0.25, -0.2) is 4.98 Å². The van der Waals surface area contributed by atoms with Crippen LogP contribution in [-0.2, 0) is 0 Å². The van der Waals surface area contributed by atoms with Crippen LogP contribution in [0.4, 0.5) is 0 Å². The van der Waals surface area contributed by atoms with Crippen LogP contribution in [0.3, 0.4) is 0 Å². The number of hydrogen-bond donors (Lipinski definition) is 0. The Kier molecular flexibility index (Phi) is 1.29. The van der Waals surface area contributed by atoms with Crippen LogP contribution < -0.4 is 0 Å². The second kappa shape index (κ2) is 2.34. The molecule has 0 aliphatic heterocycles. The molecule has 2 nitrogen and oxygen atoms in total. The quantitative estimate of drug-likeness (QED) is 0.646. The molecule has 0 radical (unpaired) electrons. The van der Waals surface area contributed by atoms with Crippen molar-refractivity contribution in [3.05, 3.63) is 35.9 Å². The number of nitrogens with zero attached hydrogens (tertiary/aromatic N) is 2. The van der Waals surface area contributed by atoms with Gasteiger partial charge in [0.15, 0.2) is 0 Å². The number of fused-ring (bicyclic) bond motifs is 1. The molecule has 1 saturated carbocycles. The monoisotopic (exact) mass is 172 g/mol. The standard InChI is InChI=1S/C11H12N2/c1-8-10-4-2-3-7-13(10)11(12-8)9-5-6-9/h2-4,7,9H,5-6H2,1H3. The van der Waals surface area contributed by atoms with Crippen LogP contribution in [0.15, 0.2) is 24.4 Å². The summed E-state index contributed by atoms with van der Waals surface area (Å²) < 4.78 is 2.23. The Balaban J connectivity index is 2.34. The minimum Gasteiger partial charge on any atom is -0.303 e. The van der Waals surface area contributed by atoms with E-state index in [1.165, 1.54) is 24.2 Å². The number of aromatic nitrogens is 2. The number of imidazole rings is 1. The molecule has 0 N–H and O–H groups in total. The first-order valence-electron chi connectivity index (χ1n) is 4.80. The van der Waals surface area contributed by atoms with Gasteiger partial charge in [-0.3, -0.25) is 0 Å². The SMILES string of the molecule is Cc1nc(C2CC2)n2ccccc12. The van der Waals surface area contributed by atoms with E-state index in [1.54, 1.807) is 0 Å². The zero-order valence-corrected chi connectivity index (χ0v) is 7.70. The lowest BCUT2D eigenvalue weighted by molar-refractivity contribution is 0.916. The average molecular weight is 172 g/mol. The van der Waals surface area contributed by atoms with Crippen molar-refractivity contribution >= 4 is 5.52 Å². The Bertz CT molecular complexity index is 452. The van der Waals surface area contributed by atoms with Crippen LogP contribution in [0.25, 0.3) is 5.52 Å². The number of rotatable bonds is 1. The van der Waals surface area contributed by atoms with Gasteiger partial charge in [-0.2, -0.15) is 0 Å². The van der Waals surface area contributed by atoms with Gasteiger partial charge >= 0.3 is 0 Å². The first-order valence-corrected chi connectivity index (χ1v) is 4.80. The molecule has 2 heteroatoms. The zero-order valence-electron chi connectivity index (χ0n) is 7.70. The average Bonchev–Trinajstić information content (AvgIpc) is 2.94. The van der Waals surface area contributed by atoms with Crippen molar-refractivity contribution in [2.75, 3.05) is 0 Å². The number of pyridine rings is 1. The van der Waals surface area contributed by atoms with E-state index in [9.17, 15) is 0 Å². The Labute approximate surface area is 77.2 Å². The van der Waals surface area contributed by atoms with Gasteiger partial charge in [-0.15, -0.1) is 0 Å². The molecule has 1 aliphatic carbocycles. The maximum absolute atomic E-state index is 4.61. The summed E-state index contributed by atoms with van der Waals surface area (Å²) in [4.78, 5) is 4.61. The molecule has 0 bridgehead atoms. The molecule has 66 valence electrons. The topological polar surface area (TPSA) is 17.3 Å². The van der Waals surface area contributed by atoms with Gasteiger partial charge in [0, 0.05) is 12.1 Å². The molecule has 0 unspecified atom stereocenters. The molecule has 0 atom stereocenters. The summed E-state index contributed by atoms with van der Waals surface area (Å²) in [5.74, 6) is 1.98. The molecule has 0 spiro atoms. The summed E-state index contributed by atoms with van der Waals surface area (Å²) in [5, 5.41) is 0. The molecule has 2 aromatic rings. The summed E-state index contributed by atoms with van der Waals surface area (Å²) in [7, 11) is 0. The molecule has 1 fully saturated rings. The highest BCUT2D eigenvalue weighted by Crippen LogP contribution is 2.39. The van der Waals surface area contributed by atoms with Crippen LogP contribution in [0.1, 0.15) is 30.3 Å². The predicted octanol–water partition coefficient (Wildman–Crippen LogP) is 2.52. The van der Waals surface area contributed by atoms with E-state index in [4.69, 9.17) is 0 Å². The van der Waals surface area contributed by atoms with Gasteiger partial charge in [0.1, 0.15) is 5.82 Å². The van der Waals surface area contributed by atoms with Crippen molar-refractivity contribution < 1.29 is 0 Å². The summed E-state index contributed by atoms with van der Waals surface area (Å²) >= 11 is 0. The van der Waals surface area contributed by atoms with E-state index in [-0.39, 0.29) is 0 Å². The largest absolute Gasteiger partial charge is 0.303 e. The third kappa shape index (κ3) is 0.981. The molecular weight excluding hydrogens is 160 g/mol. The Morgan fingerprint density at radius 3 is 3.00 bits per heavy atom. The Morgan fingerprint density at radius 1 is 1.38 bits per heavy atom. The molecular formula is C11H12N2. The minimum absolute atomic E-state index is 0.726. The van der Waals surface area contributed by atoms with E-state index in [0.717, 1.165) is 11.6 Å². The zero-order chi connectivity index (χ0) is 8.84. The third-order valence-electron chi connectivity index (χ3n) is 2.70. The van der Waals surface area contributed by atoms with Gasteiger partial charge in [-0.1, -0.05) is 6.07 Å². The van der Waals surface area contributed by atoms with Crippen LogP contribution >= 0.6 is 0 Å². The normalized spacial score (nSPS) is 16.7. The van der Waals surface area contributed by atoms with Gasteiger partial charge < -0.3 is 4.40 Å². The molecule has 2 heterocycles. The van der Waals surface area contributed by atoms with Gasteiger partial charge in [0.2, 0.25) is 0 Å². The smallest absolute Gasteiger partial charge is 0.116 e. The van der Waals surface area contributed by atoms with Crippen molar-refractivity contribution in [1.29, 1.82) is 0 Å². The number of hydrogen-bond acceptors (Lipinski definition) is 1. The van der Waals surface area contributed by atoms with Crippen LogP contribution in [0, 0.1) is 6.92 Å². The first-order chi connectivity index (χ1) is 6.36. The van der Waals surface area contributed by atoms with E-state index < -0.39 is 0 Å². The summed E-state index contributed by atoms with van der Waals surface area (Å²) in [5.41, 5.74) is 2.41. The van der Waals surface area contributed by atoms with Crippen molar-refractivity contribution in [2.24, 2.45) is 0 Å². The third-order valence-corrected chi connectivity index (χ3v) is 2.70. The molecule has 1 aliphatic rings. The van der Waals surface area contributed by atoms with Crippen molar-refractivity contribution in [2.45, 2.75) is 25.7 Å². The van der Waals surface area contributed by atoms with Gasteiger partial charge in [0.25, 0.3) is 0 Å². The molecule has 2 aromatic heterocycles. The summed E-state index contributed by atoms with van der Waals surface area (Å²) in [6.45, 7) is 2.08. The molecule has 13 heavy (non-hydrogen) atoms. The van der Waals surface area contributed by atoms with Crippen LogP contribution in [-0.4, -0.2) is 9.38 Å². The van der Waals surface area contributed by atoms with Crippen molar-refractivity contribution in [3.8, 4) is 0 Å². The van der Waals surface area contributed by atoms with E-state index in [2.05, 4.69) is 40.7 Å². The van der Waals surface area contributed by atoms with E-state index >= 15 is 0 Å². The highest BCUT2D eigenvalue weighted by atomic mass is 15.0. The molecule has 3 rings (SSSR count). The summed E-state index contributed by atoms with van der Waals surface area (Å²) in [6.07, 6.45) is 4.74. The fourth-order valence-corrected chi connectivity index (χ4v) is 1.85. The van der Waals surface area contributed by atoms with Crippen molar-refractivity contribution in [3.63, 3.8) is 0 Å². The maximum atomic E-state index is 4.61. The second-order valence-corrected chi connectivity index (χ2v) is 3.79. The van der Waals surface area contributed by atoms with Crippen molar-refractivity contribution in [1.82, 2.24) is 9.38 Å². The second-order valence-electron chi connectivity index (χ2n) is 3.79. The number of aryl methyl sites for hydroxylation is 1. The lowest BCUT2D eigenvalue weighted by Crippen LogP contribution is -1.90. The van der Waals surface area contributed by atoms with Crippen LogP contribution in [0.5, 0.6) is 0 Å². The van der Waals surface area contributed by atoms with Gasteiger partial charge in [0.05, 0.1) is 11.2 Å². The first kappa shape index (κ1) is 7.13. The fourth-order valence-electron chi connectivity index (χ4n) is 1.85. The highest BCUT2D eigenvalue weighted by Gasteiger charge is 2.28. The minimum atomic E-state index is 0.726. The van der Waals surface area contributed by atoms with E-state index in [1.807, 2.05) is 0 Å². The highest BCUT2D eigenvalue weighted by molar-refractivity contribution is 5.53. The lowest BCUT2D eigenvalue weighted by atomic mass is 10.3. The fraction of sp³-hybridized carbons (Fsp3) is 0.364. The molecule has 0 aromatic carbocycles. The van der Waals surface area contributed by atoms with E-state index in [0.29, 0.717) is 0 Å². The molecule has 0 saturated heterocycles. The summed E-state index contributed by atoms with van der Waals surface area (Å²) in [6, 6.07) is 6.27.